The topological polar surface area (TPSA) is 64.2 Å². The number of nitrogens with zero attached hydrogens (tertiary/aromatic N) is 1. The number of ether oxygens (including phenoxy) is 2. The van der Waals surface area contributed by atoms with Crippen molar-refractivity contribution in [3.05, 3.63) is 57.6 Å². The van der Waals surface area contributed by atoms with Crippen LogP contribution >= 0.6 is 11.8 Å². The summed E-state index contributed by atoms with van der Waals surface area (Å²) < 4.78 is 10.5. The number of hydrogen-bond donors (Lipinski definition) is 1. The molecule has 0 aliphatic heterocycles. The number of aryl methyl sites for hydroxylation is 2. The fraction of sp³-hybridized carbons (Fsp3) is 0.263. The van der Waals surface area contributed by atoms with E-state index in [2.05, 4.69) is 42.0 Å². The van der Waals surface area contributed by atoms with Crippen LogP contribution in [0.25, 0.3) is 10.9 Å². The van der Waals surface area contributed by atoms with Gasteiger partial charge in [0.05, 0.1) is 30.9 Å². The Hall–Kier alpha value is -2.47. The lowest BCUT2D eigenvalue weighted by atomic mass is 10.2. The highest BCUT2D eigenvalue weighted by atomic mass is 32.2. The number of thioether (sulfide) groups is 1. The standard InChI is InChI=1S/C19H20N2O3S/c1-11-5-6-17(12(2)7-11)25-10-18-20-14-9-16(24-4)15(23-3)8-13(14)19(22)21-18/h5-9H,10H2,1-4H3,(H,20,21,22). The molecule has 3 aromatic rings. The van der Waals surface area contributed by atoms with Gasteiger partial charge < -0.3 is 14.5 Å². The van der Waals surface area contributed by atoms with Crippen molar-refractivity contribution in [3.63, 3.8) is 0 Å². The van der Waals surface area contributed by atoms with E-state index in [0.29, 0.717) is 34.0 Å². The highest BCUT2D eigenvalue weighted by Gasteiger charge is 2.11. The first kappa shape index (κ1) is 17.4. The van der Waals surface area contributed by atoms with Crippen molar-refractivity contribution in [1.29, 1.82) is 0 Å². The molecule has 1 aromatic heterocycles. The Morgan fingerprint density at radius 3 is 2.48 bits per heavy atom. The van der Waals surface area contributed by atoms with Crippen molar-refractivity contribution >= 4 is 22.7 Å². The molecule has 0 bridgehead atoms. The van der Waals surface area contributed by atoms with Gasteiger partial charge in [0.15, 0.2) is 11.5 Å². The molecule has 0 radical (unpaired) electrons. The van der Waals surface area contributed by atoms with Crippen molar-refractivity contribution in [2.45, 2.75) is 24.5 Å². The van der Waals surface area contributed by atoms with Crippen LogP contribution in [0.5, 0.6) is 11.5 Å². The molecule has 5 nitrogen and oxygen atoms in total. The van der Waals surface area contributed by atoms with E-state index in [4.69, 9.17) is 9.47 Å². The van der Waals surface area contributed by atoms with Crippen LogP contribution in [0.3, 0.4) is 0 Å². The van der Waals surface area contributed by atoms with Gasteiger partial charge in [0, 0.05) is 11.0 Å². The van der Waals surface area contributed by atoms with Gasteiger partial charge in [-0.25, -0.2) is 4.98 Å². The maximum Gasteiger partial charge on any atom is 0.258 e. The SMILES string of the molecule is COc1cc2nc(CSc3ccc(C)cc3C)[nH]c(=O)c2cc1OC. The first-order valence-corrected chi connectivity index (χ1v) is 8.85. The van der Waals surface area contributed by atoms with Gasteiger partial charge in [0.1, 0.15) is 5.82 Å². The third kappa shape index (κ3) is 3.64. The molecule has 0 fully saturated rings. The van der Waals surface area contributed by atoms with Crippen molar-refractivity contribution in [2.75, 3.05) is 14.2 Å². The van der Waals surface area contributed by atoms with Crippen molar-refractivity contribution in [1.82, 2.24) is 9.97 Å². The van der Waals surface area contributed by atoms with Crippen LogP contribution in [0.15, 0.2) is 40.0 Å². The highest BCUT2D eigenvalue weighted by molar-refractivity contribution is 7.98. The van der Waals surface area contributed by atoms with Gasteiger partial charge in [-0.1, -0.05) is 17.7 Å². The largest absolute Gasteiger partial charge is 0.493 e. The Balaban J connectivity index is 1.93. The summed E-state index contributed by atoms with van der Waals surface area (Å²) in [5.41, 5.74) is 2.87. The molecule has 130 valence electrons. The van der Waals surface area contributed by atoms with Crippen LogP contribution in [-0.2, 0) is 5.75 Å². The monoisotopic (exact) mass is 356 g/mol. The second-order valence-electron chi connectivity index (χ2n) is 5.79. The number of aromatic nitrogens is 2. The zero-order valence-corrected chi connectivity index (χ0v) is 15.5. The Labute approximate surface area is 150 Å². The molecule has 6 heteroatoms. The quantitative estimate of drug-likeness (QED) is 0.704. The fourth-order valence-electron chi connectivity index (χ4n) is 2.69. The zero-order valence-electron chi connectivity index (χ0n) is 14.7. The number of benzene rings is 2. The highest BCUT2D eigenvalue weighted by Crippen LogP contribution is 2.30. The lowest BCUT2D eigenvalue weighted by Gasteiger charge is -2.10. The maximum absolute atomic E-state index is 12.4. The number of H-pyrrole nitrogens is 1. The maximum atomic E-state index is 12.4. The first-order chi connectivity index (χ1) is 12.0. The summed E-state index contributed by atoms with van der Waals surface area (Å²) in [6.07, 6.45) is 0. The molecule has 0 amide bonds. The minimum absolute atomic E-state index is 0.179. The molecule has 0 saturated heterocycles. The van der Waals surface area contributed by atoms with Gasteiger partial charge in [-0.2, -0.15) is 0 Å². The number of nitrogens with one attached hydrogen (secondary N) is 1. The van der Waals surface area contributed by atoms with Crippen molar-refractivity contribution < 1.29 is 9.47 Å². The summed E-state index contributed by atoms with van der Waals surface area (Å²) in [7, 11) is 3.11. The van der Waals surface area contributed by atoms with Crippen LogP contribution < -0.4 is 15.0 Å². The van der Waals surface area contributed by atoms with E-state index in [-0.39, 0.29) is 5.56 Å². The second kappa shape index (κ2) is 7.19. The third-order valence-corrected chi connectivity index (χ3v) is 5.14. The molecule has 0 atom stereocenters. The molecule has 0 unspecified atom stereocenters. The van der Waals surface area contributed by atoms with Crippen LogP contribution in [-0.4, -0.2) is 24.2 Å². The summed E-state index contributed by atoms with van der Waals surface area (Å²) in [6, 6.07) is 9.72. The Morgan fingerprint density at radius 1 is 1.08 bits per heavy atom. The van der Waals surface area contributed by atoms with Gasteiger partial charge in [-0.05, 0) is 31.5 Å². The Bertz CT molecular complexity index is 982. The van der Waals surface area contributed by atoms with Gasteiger partial charge in [0.2, 0.25) is 0 Å². The minimum atomic E-state index is -0.179. The van der Waals surface area contributed by atoms with Gasteiger partial charge >= 0.3 is 0 Å². The van der Waals surface area contributed by atoms with E-state index in [0.717, 1.165) is 0 Å². The zero-order chi connectivity index (χ0) is 18.0. The summed E-state index contributed by atoms with van der Waals surface area (Å²) >= 11 is 1.66. The average molecular weight is 356 g/mol. The molecular weight excluding hydrogens is 336 g/mol. The van der Waals surface area contributed by atoms with E-state index < -0.39 is 0 Å². The number of rotatable bonds is 5. The molecule has 0 spiro atoms. The molecule has 1 heterocycles. The molecular formula is C19H20N2O3S. The van der Waals surface area contributed by atoms with Gasteiger partial charge in [-0.3, -0.25) is 4.79 Å². The Kier molecular flexibility index (Phi) is 4.99. The van der Waals surface area contributed by atoms with E-state index >= 15 is 0 Å². The molecule has 0 aliphatic carbocycles. The van der Waals surface area contributed by atoms with E-state index in [1.165, 1.54) is 16.0 Å². The number of hydrogen-bond acceptors (Lipinski definition) is 5. The summed E-state index contributed by atoms with van der Waals surface area (Å²) in [6.45, 7) is 4.16. The van der Waals surface area contributed by atoms with Crippen molar-refractivity contribution in [3.8, 4) is 11.5 Å². The number of fused-ring (bicyclic) bond motifs is 1. The summed E-state index contributed by atoms with van der Waals surface area (Å²) in [4.78, 5) is 21.0. The predicted octanol–water partition coefficient (Wildman–Crippen LogP) is 3.85. The third-order valence-electron chi connectivity index (χ3n) is 3.95. The molecule has 1 N–H and O–H groups in total. The fourth-order valence-corrected chi connectivity index (χ4v) is 3.57. The normalized spacial score (nSPS) is 10.9. The number of aromatic amines is 1. The van der Waals surface area contributed by atoms with E-state index in [9.17, 15) is 4.79 Å². The lowest BCUT2D eigenvalue weighted by molar-refractivity contribution is 0.355. The smallest absolute Gasteiger partial charge is 0.258 e. The van der Waals surface area contributed by atoms with Crippen LogP contribution in [0.2, 0.25) is 0 Å². The predicted molar refractivity (Wildman–Crippen MR) is 101 cm³/mol. The van der Waals surface area contributed by atoms with Crippen LogP contribution in [0, 0.1) is 13.8 Å². The van der Waals surface area contributed by atoms with Crippen molar-refractivity contribution in [2.24, 2.45) is 0 Å². The summed E-state index contributed by atoms with van der Waals surface area (Å²) in [5, 5.41) is 0.484. The average Bonchev–Trinajstić information content (AvgIpc) is 2.60. The molecule has 3 rings (SSSR count). The van der Waals surface area contributed by atoms with Gasteiger partial charge in [-0.15, -0.1) is 11.8 Å². The van der Waals surface area contributed by atoms with E-state index in [1.54, 1.807) is 38.1 Å². The molecule has 0 aliphatic rings. The number of methoxy groups -OCH3 is 2. The van der Waals surface area contributed by atoms with Crippen LogP contribution in [0.1, 0.15) is 17.0 Å². The lowest BCUT2D eigenvalue weighted by Crippen LogP contribution is -2.11. The first-order valence-electron chi connectivity index (χ1n) is 7.87. The molecule has 0 saturated carbocycles. The molecule has 25 heavy (non-hydrogen) atoms. The minimum Gasteiger partial charge on any atom is -0.493 e. The summed E-state index contributed by atoms with van der Waals surface area (Å²) in [5.74, 6) is 2.29. The molecule has 2 aromatic carbocycles. The van der Waals surface area contributed by atoms with Gasteiger partial charge in [0.25, 0.3) is 5.56 Å². The van der Waals surface area contributed by atoms with E-state index in [1.807, 2.05) is 0 Å². The van der Waals surface area contributed by atoms with Crippen LogP contribution in [0.4, 0.5) is 0 Å². The Morgan fingerprint density at radius 2 is 1.80 bits per heavy atom. The second-order valence-corrected chi connectivity index (χ2v) is 6.81.